The fourth-order valence-electron chi connectivity index (χ4n) is 2.03. The summed E-state index contributed by atoms with van der Waals surface area (Å²) < 4.78 is 12.7. The van der Waals surface area contributed by atoms with Crippen LogP contribution in [0.5, 0.6) is 0 Å². The van der Waals surface area contributed by atoms with Crippen LogP contribution < -0.4 is 10.6 Å². The van der Waals surface area contributed by atoms with Gasteiger partial charge in [-0.1, -0.05) is 12.1 Å². The van der Waals surface area contributed by atoms with Gasteiger partial charge in [-0.05, 0) is 36.5 Å². The van der Waals surface area contributed by atoms with E-state index < -0.39 is 12.0 Å². The van der Waals surface area contributed by atoms with Gasteiger partial charge < -0.3 is 15.7 Å². The number of benzene rings is 1. The quantitative estimate of drug-likeness (QED) is 0.744. The SMILES string of the molecule is O=C(O)CC(NC(=O)NCc1ccc(F)cc1)C1CC1. The summed E-state index contributed by atoms with van der Waals surface area (Å²) in [6.45, 7) is 0.274. The van der Waals surface area contributed by atoms with E-state index in [2.05, 4.69) is 10.6 Å². The van der Waals surface area contributed by atoms with Gasteiger partial charge in [0.25, 0.3) is 0 Å². The van der Waals surface area contributed by atoms with Gasteiger partial charge in [0.2, 0.25) is 0 Å². The van der Waals surface area contributed by atoms with E-state index in [1.807, 2.05) is 0 Å². The number of amides is 2. The highest BCUT2D eigenvalue weighted by atomic mass is 19.1. The van der Waals surface area contributed by atoms with Gasteiger partial charge >= 0.3 is 12.0 Å². The Morgan fingerprint density at radius 2 is 1.95 bits per heavy atom. The van der Waals surface area contributed by atoms with Crippen molar-refractivity contribution in [2.75, 3.05) is 0 Å². The molecule has 5 nitrogen and oxygen atoms in total. The van der Waals surface area contributed by atoms with Gasteiger partial charge in [-0.15, -0.1) is 0 Å². The van der Waals surface area contributed by atoms with Gasteiger partial charge in [0, 0.05) is 12.6 Å². The van der Waals surface area contributed by atoms with Gasteiger partial charge in [-0.3, -0.25) is 4.79 Å². The number of nitrogens with one attached hydrogen (secondary N) is 2. The summed E-state index contributed by atoms with van der Waals surface area (Å²) in [5.41, 5.74) is 0.780. The van der Waals surface area contributed by atoms with Crippen molar-refractivity contribution in [3.8, 4) is 0 Å². The lowest BCUT2D eigenvalue weighted by atomic mass is 10.1. The van der Waals surface area contributed by atoms with Gasteiger partial charge in [-0.25, -0.2) is 9.18 Å². The maximum Gasteiger partial charge on any atom is 0.315 e. The van der Waals surface area contributed by atoms with Crippen molar-refractivity contribution in [3.05, 3.63) is 35.6 Å². The highest BCUT2D eigenvalue weighted by Gasteiger charge is 2.33. The van der Waals surface area contributed by atoms with E-state index >= 15 is 0 Å². The summed E-state index contributed by atoms with van der Waals surface area (Å²) in [5, 5.41) is 14.1. The van der Waals surface area contributed by atoms with Gasteiger partial charge in [0.15, 0.2) is 0 Å². The predicted molar refractivity (Wildman–Crippen MR) is 70.5 cm³/mol. The molecule has 0 aromatic heterocycles. The van der Waals surface area contributed by atoms with Crippen LogP contribution in [-0.2, 0) is 11.3 Å². The fraction of sp³-hybridized carbons (Fsp3) is 0.429. The molecule has 1 aliphatic carbocycles. The minimum absolute atomic E-state index is 0.0609. The summed E-state index contributed by atoms with van der Waals surface area (Å²) in [4.78, 5) is 22.4. The van der Waals surface area contributed by atoms with Crippen LogP contribution in [0.3, 0.4) is 0 Å². The summed E-state index contributed by atoms with van der Waals surface area (Å²) >= 11 is 0. The molecule has 108 valence electrons. The highest BCUT2D eigenvalue weighted by molar-refractivity contribution is 5.75. The molecule has 2 rings (SSSR count). The molecule has 3 N–H and O–H groups in total. The number of halogens is 1. The van der Waals surface area contributed by atoms with Crippen LogP contribution in [0.4, 0.5) is 9.18 Å². The lowest BCUT2D eigenvalue weighted by molar-refractivity contribution is -0.137. The van der Waals surface area contributed by atoms with E-state index in [9.17, 15) is 14.0 Å². The summed E-state index contributed by atoms with van der Waals surface area (Å²) in [5.74, 6) is -0.975. The van der Waals surface area contributed by atoms with E-state index in [1.54, 1.807) is 12.1 Å². The molecule has 0 spiro atoms. The number of hydrogen-bond acceptors (Lipinski definition) is 2. The summed E-state index contributed by atoms with van der Waals surface area (Å²) in [6.07, 6.45) is 1.85. The number of aliphatic carboxylic acids is 1. The van der Waals surface area contributed by atoms with Crippen molar-refractivity contribution in [1.29, 1.82) is 0 Å². The third-order valence-corrected chi connectivity index (χ3v) is 3.27. The van der Waals surface area contributed by atoms with Crippen LogP contribution in [0.25, 0.3) is 0 Å². The molecule has 1 unspecified atom stereocenters. The zero-order chi connectivity index (χ0) is 14.5. The van der Waals surface area contributed by atoms with E-state index in [1.165, 1.54) is 12.1 Å². The summed E-state index contributed by atoms with van der Waals surface area (Å²) in [7, 11) is 0. The molecule has 0 heterocycles. The largest absolute Gasteiger partial charge is 0.481 e. The lowest BCUT2D eigenvalue weighted by Gasteiger charge is -2.16. The van der Waals surface area contributed by atoms with Crippen molar-refractivity contribution in [2.45, 2.75) is 31.8 Å². The second-order valence-electron chi connectivity index (χ2n) is 5.00. The average Bonchev–Trinajstić information content (AvgIpc) is 3.21. The van der Waals surface area contributed by atoms with Crippen molar-refractivity contribution in [1.82, 2.24) is 10.6 Å². The third-order valence-electron chi connectivity index (χ3n) is 3.27. The third kappa shape index (κ3) is 4.53. The molecule has 0 aliphatic heterocycles. The first-order valence-corrected chi connectivity index (χ1v) is 6.55. The molecule has 1 aromatic carbocycles. The molecule has 0 saturated heterocycles. The number of urea groups is 1. The first-order chi connectivity index (χ1) is 9.54. The second kappa shape index (κ2) is 6.36. The number of carbonyl (C=O) groups excluding carboxylic acids is 1. The molecule has 1 aliphatic rings. The maximum absolute atomic E-state index is 12.7. The monoisotopic (exact) mass is 280 g/mol. The van der Waals surface area contributed by atoms with Crippen LogP contribution in [0.1, 0.15) is 24.8 Å². The van der Waals surface area contributed by atoms with Crippen LogP contribution in [-0.4, -0.2) is 23.1 Å². The predicted octanol–water partition coefficient (Wildman–Crippen LogP) is 1.88. The molecule has 20 heavy (non-hydrogen) atoms. The standard InChI is InChI=1S/C14H17FN2O3/c15-11-5-1-9(2-6-11)8-16-14(20)17-12(7-13(18)19)10-3-4-10/h1-2,5-6,10,12H,3-4,7-8H2,(H,18,19)(H2,16,17,20). The second-order valence-corrected chi connectivity index (χ2v) is 5.00. The van der Waals surface area contributed by atoms with Crippen molar-refractivity contribution in [2.24, 2.45) is 5.92 Å². The lowest BCUT2D eigenvalue weighted by Crippen LogP contribution is -2.43. The van der Waals surface area contributed by atoms with Crippen LogP contribution in [0.2, 0.25) is 0 Å². The molecule has 1 aromatic rings. The van der Waals surface area contributed by atoms with E-state index in [-0.39, 0.29) is 30.7 Å². The Kier molecular flexibility index (Phi) is 4.55. The van der Waals surface area contributed by atoms with Crippen LogP contribution >= 0.6 is 0 Å². The normalized spacial score (nSPS) is 15.4. The van der Waals surface area contributed by atoms with Crippen molar-refractivity contribution >= 4 is 12.0 Å². The average molecular weight is 280 g/mol. The smallest absolute Gasteiger partial charge is 0.315 e. The van der Waals surface area contributed by atoms with Crippen LogP contribution in [0.15, 0.2) is 24.3 Å². The van der Waals surface area contributed by atoms with E-state index in [0.717, 1.165) is 18.4 Å². The van der Waals surface area contributed by atoms with E-state index in [4.69, 9.17) is 5.11 Å². The molecule has 1 atom stereocenters. The minimum atomic E-state index is -0.916. The molecular formula is C14H17FN2O3. The molecular weight excluding hydrogens is 263 g/mol. The molecule has 0 radical (unpaired) electrons. The Balaban J connectivity index is 1.79. The van der Waals surface area contributed by atoms with Crippen LogP contribution in [0, 0.1) is 11.7 Å². The zero-order valence-electron chi connectivity index (χ0n) is 10.9. The summed E-state index contributed by atoms with van der Waals surface area (Å²) in [6, 6.07) is 5.11. The molecule has 2 amide bonds. The van der Waals surface area contributed by atoms with Gasteiger partial charge in [0.1, 0.15) is 5.82 Å². The topological polar surface area (TPSA) is 78.4 Å². The Labute approximate surface area is 116 Å². The molecule has 1 saturated carbocycles. The van der Waals surface area contributed by atoms with Crippen molar-refractivity contribution < 1.29 is 19.1 Å². The van der Waals surface area contributed by atoms with Gasteiger partial charge in [0.05, 0.1) is 6.42 Å². The van der Waals surface area contributed by atoms with Crippen molar-refractivity contribution in [3.63, 3.8) is 0 Å². The Bertz CT molecular complexity index is 486. The molecule has 6 heteroatoms. The molecule has 1 fully saturated rings. The highest BCUT2D eigenvalue weighted by Crippen LogP contribution is 2.33. The number of hydrogen-bond donors (Lipinski definition) is 3. The zero-order valence-corrected chi connectivity index (χ0v) is 10.9. The number of carbonyl (C=O) groups is 2. The van der Waals surface area contributed by atoms with Gasteiger partial charge in [-0.2, -0.15) is 0 Å². The first kappa shape index (κ1) is 14.3. The Morgan fingerprint density at radius 3 is 2.50 bits per heavy atom. The number of carboxylic acids is 1. The van der Waals surface area contributed by atoms with E-state index in [0.29, 0.717) is 0 Å². The molecule has 0 bridgehead atoms. The number of rotatable bonds is 6. The minimum Gasteiger partial charge on any atom is -0.481 e. The first-order valence-electron chi connectivity index (χ1n) is 6.55. The number of carboxylic acid groups (broad SMARTS) is 1. The maximum atomic E-state index is 12.7. The Morgan fingerprint density at radius 1 is 1.30 bits per heavy atom. The fourth-order valence-corrected chi connectivity index (χ4v) is 2.03. The Hall–Kier alpha value is -2.11.